The minimum atomic E-state index is -2.90. The highest BCUT2D eigenvalue weighted by molar-refractivity contribution is 5.91. The van der Waals surface area contributed by atoms with E-state index in [-0.39, 0.29) is 22.1 Å². The first kappa shape index (κ1) is 67.4. The molecule has 0 fully saturated rings. The molecule has 0 amide bonds. The van der Waals surface area contributed by atoms with Crippen molar-refractivity contribution in [3.05, 3.63) is 283 Å². The molecule has 6 aromatic carbocycles. The van der Waals surface area contributed by atoms with Crippen molar-refractivity contribution in [2.45, 2.75) is 112 Å². The highest BCUT2D eigenvalue weighted by Gasteiger charge is 2.29. The molecule has 15 rings (SSSR count). The molecule has 0 atom stereocenters. The van der Waals surface area contributed by atoms with Crippen molar-refractivity contribution in [2.24, 2.45) is 0 Å². The summed E-state index contributed by atoms with van der Waals surface area (Å²) in [5.41, 5.74) is 17.5. The summed E-state index contributed by atoms with van der Waals surface area (Å²) in [7, 11) is 0. The maximum Gasteiger partial charge on any atom is 0.270 e. The van der Waals surface area contributed by atoms with Crippen LogP contribution < -0.4 is 0 Å². The third-order valence-electron chi connectivity index (χ3n) is 17.5. The molecule has 0 spiro atoms. The van der Waals surface area contributed by atoms with Gasteiger partial charge < -0.3 is 13.6 Å². The molecule has 15 aromatic rings. The molecule has 0 saturated heterocycles. The lowest BCUT2D eigenvalue weighted by Crippen LogP contribution is -2.13. The third-order valence-corrected chi connectivity index (χ3v) is 17.5. The number of rotatable bonds is 9. The van der Waals surface area contributed by atoms with Crippen molar-refractivity contribution in [3.8, 4) is 35.5 Å². The van der Waals surface area contributed by atoms with Gasteiger partial charge in [0, 0.05) is 91.5 Å². The van der Waals surface area contributed by atoms with Crippen molar-refractivity contribution < 1.29 is 39.9 Å². The van der Waals surface area contributed by atoms with Crippen molar-refractivity contribution in [3.63, 3.8) is 0 Å². The summed E-state index contributed by atoms with van der Waals surface area (Å²) in [6.07, 6.45) is 11.3. The second-order valence-electron chi connectivity index (χ2n) is 25.9. The summed E-state index contributed by atoms with van der Waals surface area (Å²) in [6.45, 7) is 17.1. The van der Waals surface area contributed by atoms with Gasteiger partial charge in [-0.1, -0.05) is 127 Å². The molecular weight excluding hydrogens is 1290 g/mol. The zero-order valence-corrected chi connectivity index (χ0v) is 56.6. The minimum Gasteiger partial charge on any atom is -0.355 e. The van der Waals surface area contributed by atoms with Crippen molar-refractivity contribution in [1.29, 1.82) is 0 Å². The van der Waals surface area contributed by atoms with Gasteiger partial charge in [0.15, 0.2) is 33.7 Å². The normalized spacial score (nSPS) is 11.8. The molecule has 0 N–H and O–H groups in total. The first-order valence-corrected chi connectivity index (χ1v) is 32.3. The highest BCUT2D eigenvalue weighted by Crippen LogP contribution is 2.37. The largest absolute Gasteiger partial charge is 0.355 e. The van der Waals surface area contributed by atoms with E-state index in [1.165, 1.54) is 36.4 Å². The topological polar surface area (TPSA) is 169 Å². The van der Waals surface area contributed by atoms with E-state index in [1.54, 1.807) is 75.0 Å². The lowest BCUT2D eigenvalue weighted by atomic mass is 9.83. The quantitative estimate of drug-likeness (QED) is 0.0992. The van der Waals surface area contributed by atoms with Crippen LogP contribution in [0, 0.1) is 63.2 Å². The number of halogens is 6. The van der Waals surface area contributed by atoms with Crippen LogP contribution in [0.15, 0.2) is 184 Å². The van der Waals surface area contributed by atoms with E-state index in [4.69, 9.17) is 13.6 Å². The molecule has 101 heavy (non-hydrogen) atoms. The minimum absolute atomic E-state index is 0.0127. The first-order chi connectivity index (χ1) is 48.2. The van der Waals surface area contributed by atoms with E-state index in [9.17, 15) is 26.3 Å². The Hall–Kier alpha value is -12.2. The lowest BCUT2D eigenvalue weighted by molar-refractivity contribution is 0.0167. The number of fused-ring (bicyclic) bond motifs is 6. The van der Waals surface area contributed by atoms with E-state index >= 15 is 0 Å². The molecule has 0 aliphatic heterocycles. The Kier molecular flexibility index (Phi) is 18.0. The number of hydrogen-bond acceptors (Lipinski definition) is 12. The standard InChI is InChI=1S/C28H24F2N4O.C27H22F2N4O.C25H18F2N4O/c1-27(2,3)23-13-12-22-24(16-18-7-5-8-19(15-18)28(4,29)30)33-35-26(22)21(23)11-10-20-17-31-25-9-6-14-32-34(20)25;1-16-17(2)22(11-10-21-15-30-24-9-6-12-31-33(21)24)26-25(18(16)3)23(32-34-26)14-19-7-5-8-20(13-19)27(4,28)29;1-16-5-11-21-22(14-17-6-8-18(9-7-17)25(2,26)27)30-32-24(21)20(16)12-10-19-15-28-23-4-3-13-29-31(19)23/h5-9,12-15,17H,16H2,1-4H3;5-9,12-13,15H,14H2,1-4H3;3-9,11,13,15H,14H2,1-2H3. The first-order valence-electron chi connectivity index (χ1n) is 32.3. The summed E-state index contributed by atoms with van der Waals surface area (Å²) in [6, 6.07) is 38.1. The van der Waals surface area contributed by atoms with Crippen LogP contribution in [0.4, 0.5) is 26.3 Å². The Morgan fingerprint density at radius 1 is 0.386 bits per heavy atom. The molecular formula is C80H64F6N12O3. The van der Waals surface area contributed by atoms with Crippen LogP contribution in [0.2, 0.25) is 0 Å². The predicted octanol–water partition coefficient (Wildman–Crippen LogP) is 17.4. The molecule has 9 aromatic heterocycles. The molecule has 0 aliphatic carbocycles. The van der Waals surface area contributed by atoms with Gasteiger partial charge in [-0.05, 0) is 156 Å². The zero-order valence-electron chi connectivity index (χ0n) is 56.6. The van der Waals surface area contributed by atoms with Gasteiger partial charge in [0.1, 0.15) is 17.1 Å². The number of imidazole rings is 3. The monoisotopic (exact) mass is 1350 g/mol. The summed E-state index contributed by atoms with van der Waals surface area (Å²) >= 11 is 0. The number of hydrogen-bond donors (Lipinski definition) is 0. The van der Waals surface area contributed by atoms with Gasteiger partial charge in [0.2, 0.25) is 0 Å². The Bertz CT molecular complexity index is 5860. The molecule has 0 radical (unpaired) electrons. The number of alkyl halides is 6. The Morgan fingerprint density at radius 3 is 1.30 bits per heavy atom. The van der Waals surface area contributed by atoms with Gasteiger partial charge in [-0.3, -0.25) is 0 Å². The van der Waals surface area contributed by atoms with Crippen LogP contribution in [0.3, 0.4) is 0 Å². The van der Waals surface area contributed by atoms with Crippen LogP contribution in [0.25, 0.3) is 49.8 Å². The van der Waals surface area contributed by atoms with Crippen LogP contribution in [0.1, 0.15) is 154 Å². The van der Waals surface area contributed by atoms with Gasteiger partial charge in [-0.15, -0.1) is 0 Å². The fourth-order valence-electron chi connectivity index (χ4n) is 11.9. The SMILES string of the molecule is CC(C)(C)c1ccc2c(Cc3cccc(C(C)(F)F)c3)noc2c1C#Cc1cnc2cccnn12.Cc1c(C)c(C)c2c(Cc3cccc(C(C)(F)F)c3)noc2c1C#Cc1cnc2cccnn12.Cc1ccc2c(Cc3ccc(C(C)(F)F)cc3)noc2c1C#Cc1cnc2cccnn12. The van der Waals surface area contributed by atoms with E-state index in [2.05, 4.69) is 102 Å². The third kappa shape index (κ3) is 14.2. The molecule has 21 heteroatoms. The molecule has 15 nitrogen and oxygen atoms in total. The Balaban J connectivity index is 0.000000136. The summed E-state index contributed by atoms with van der Waals surface area (Å²) in [5, 5.41) is 28.3. The smallest absolute Gasteiger partial charge is 0.270 e. The molecule has 0 aliphatic rings. The van der Waals surface area contributed by atoms with Crippen molar-refractivity contribution in [2.75, 3.05) is 0 Å². The average molecular weight is 1360 g/mol. The fraction of sp³-hybridized carbons (Fsp3) is 0.212. The van der Waals surface area contributed by atoms with Gasteiger partial charge in [-0.2, -0.15) is 15.3 Å². The van der Waals surface area contributed by atoms with Gasteiger partial charge in [0.25, 0.3) is 17.8 Å². The predicted molar refractivity (Wildman–Crippen MR) is 373 cm³/mol. The number of aryl methyl sites for hydroxylation is 2. The summed E-state index contributed by atoms with van der Waals surface area (Å²) < 4.78 is 104. The Labute approximate surface area is 576 Å². The lowest BCUT2D eigenvalue weighted by Gasteiger charge is -2.20. The van der Waals surface area contributed by atoms with Crippen LogP contribution in [0.5, 0.6) is 0 Å². The highest BCUT2D eigenvalue weighted by atomic mass is 19.3. The van der Waals surface area contributed by atoms with Crippen LogP contribution in [-0.2, 0) is 42.4 Å². The zero-order chi connectivity index (χ0) is 71.1. The molecule has 0 unspecified atom stereocenters. The van der Waals surface area contributed by atoms with Crippen molar-refractivity contribution >= 4 is 49.8 Å². The second kappa shape index (κ2) is 26.9. The van der Waals surface area contributed by atoms with Gasteiger partial charge in [0.05, 0.1) is 52.4 Å². The molecule has 504 valence electrons. The Morgan fingerprint density at radius 2 is 0.812 bits per heavy atom. The molecule has 9 heterocycles. The molecule has 0 bridgehead atoms. The second-order valence-corrected chi connectivity index (χ2v) is 25.9. The van der Waals surface area contributed by atoms with Crippen LogP contribution >= 0.6 is 0 Å². The maximum atomic E-state index is 13.8. The van der Waals surface area contributed by atoms with Gasteiger partial charge in [-0.25, -0.2) is 54.8 Å². The van der Waals surface area contributed by atoms with Gasteiger partial charge >= 0.3 is 0 Å². The maximum absolute atomic E-state index is 13.8. The van der Waals surface area contributed by atoms with Crippen LogP contribution in [-0.4, -0.2) is 59.3 Å². The fourth-order valence-corrected chi connectivity index (χ4v) is 11.9. The van der Waals surface area contributed by atoms with E-state index in [0.29, 0.717) is 70.1 Å². The number of nitrogens with zero attached hydrogens (tertiary/aromatic N) is 12. The summed E-state index contributed by atoms with van der Waals surface area (Å²) in [4.78, 5) is 13.0. The number of aromatic nitrogens is 12. The van der Waals surface area contributed by atoms with Crippen molar-refractivity contribution in [1.82, 2.24) is 59.3 Å². The van der Waals surface area contributed by atoms with E-state index < -0.39 is 17.8 Å². The number of benzene rings is 6. The summed E-state index contributed by atoms with van der Waals surface area (Å²) in [5.74, 6) is 10.5. The van der Waals surface area contributed by atoms with E-state index in [1.807, 2.05) is 100 Å². The average Bonchev–Trinajstić information content (AvgIpc) is 1.68. The van der Waals surface area contributed by atoms with E-state index in [0.717, 1.165) is 115 Å². The molecule has 0 saturated carbocycles.